The Balaban J connectivity index is 1.94. The molecule has 3 rings (SSSR count). The highest BCUT2D eigenvalue weighted by atomic mass is 32.2. The van der Waals surface area contributed by atoms with Crippen LogP contribution in [-0.2, 0) is 23.8 Å². The zero-order valence-electron chi connectivity index (χ0n) is 11.6. The average molecular weight is 353 g/mol. The van der Waals surface area contributed by atoms with E-state index in [1.54, 1.807) is 24.3 Å². The molecule has 7 heteroatoms. The fourth-order valence-corrected chi connectivity index (χ4v) is 5.35. The molecule has 1 aromatic heterocycles. The van der Waals surface area contributed by atoms with Crippen molar-refractivity contribution in [1.29, 1.82) is 0 Å². The minimum atomic E-state index is -1.47. The first-order valence-electron chi connectivity index (χ1n) is 6.85. The van der Waals surface area contributed by atoms with Crippen LogP contribution in [0.4, 0.5) is 5.00 Å². The van der Waals surface area contributed by atoms with Crippen molar-refractivity contribution >= 4 is 45.9 Å². The van der Waals surface area contributed by atoms with Gasteiger partial charge in [0.1, 0.15) is 5.00 Å². The molecule has 2 unspecified atom stereocenters. The molecule has 2 aromatic rings. The van der Waals surface area contributed by atoms with Gasteiger partial charge in [0.25, 0.3) is 0 Å². The molecule has 2 N–H and O–H groups in total. The van der Waals surface area contributed by atoms with E-state index in [0.717, 1.165) is 23.3 Å². The summed E-state index contributed by atoms with van der Waals surface area (Å²) in [6.45, 7) is 0. The van der Waals surface area contributed by atoms with E-state index in [1.807, 2.05) is 6.07 Å². The molecule has 0 radical (unpaired) electrons. The maximum atomic E-state index is 12.4. The van der Waals surface area contributed by atoms with Crippen LogP contribution in [0.25, 0.3) is 0 Å². The zero-order chi connectivity index (χ0) is 15.7. The van der Waals surface area contributed by atoms with E-state index >= 15 is 0 Å². The lowest BCUT2D eigenvalue weighted by molar-refractivity contribution is 0.0697. The number of thiophene rings is 1. The van der Waals surface area contributed by atoms with Crippen LogP contribution in [-0.4, -0.2) is 20.5 Å². The van der Waals surface area contributed by atoms with Gasteiger partial charge in [-0.3, -0.25) is 4.72 Å². The number of hydrogen-bond acceptors (Lipinski definition) is 4. The summed E-state index contributed by atoms with van der Waals surface area (Å²) in [6, 6.07) is 8.96. The predicted molar refractivity (Wildman–Crippen MR) is 92.6 cm³/mol. The Morgan fingerprint density at radius 2 is 2.09 bits per heavy atom. The van der Waals surface area contributed by atoms with Crippen LogP contribution in [0.1, 0.15) is 27.2 Å². The molecule has 116 valence electrons. The number of thiol groups is 1. The fraction of sp³-hybridized carbons (Fsp3) is 0.267. The van der Waals surface area contributed by atoms with E-state index in [1.165, 1.54) is 11.3 Å². The van der Waals surface area contributed by atoms with Crippen LogP contribution in [0.5, 0.6) is 0 Å². The van der Waals surface area contributed by atoms with Gasteiger partial charge in [0.2, 0.25) is 0 Å². The molecule has 1 aliphatic rings. The van der Waals surface area contributed by atoms with Gasteiger partial charge in [-0.25, -0.2) is 9.00 Å². The smallest absolute Gasteiger partial charge is 0.339 e. The van der Waals surface area contributed by atoms with Crippen molar-refractivity contribution in [2.45, 2.75) is 29.4 Å². The van der Waals surface area contributed by atoms with Gasteiger partial charge in [0.05, 0.1) is 10.5 Å². The summed E-state index contributed by atoms with van der Waals surface area (Å²) in [5.74, 6) is -0.970. The van der Waals surface area contributed by atoms with Crippen LogP contribution >= 0.6 is 24.0 Å². The lowest BCUT2D eigenvalue weighted by atomic mass is 9.95. The van der Waals surface area contributed by atoms with Gasteiger partial charge in [-0.15, -0.1) is 11.3 Å². The molecule has 0 saturated heterocycles. The van der Waals surface area contributed by atoms with Gasteiger partial charge < -0.3 is 5.11 Å². The molecular weight excluding hydrogens is 338 g/mol. The molecular formula is C15H15NO3S3. The first-order chi connectivity index (χ1) is 10.6. The summed E-state index contributed by atoms with van der Waals surface area (Å²) in [7, 11) is -1.47. The van der Waals surface area contributed by atoms with Crippen LogP contribution in [0, 0.1) is 0 Å². The van der Waals surface area contributed by atoms with Crippen molar-refractivity contribution < 1.29 is 14.1 Å². The zero-order valence-corrected chi connectivity index (χ0v) is 14.1. The average Bonchev–Trinajstić information content (AvgIpc) is 2.85. The van der Waals surface area contributed by atoms with Gasteiger partial charge >= 0.3 is 5.97 Å². The van der Waals surface area contributed by atoms with Crippen LogP contribution in [0.3, 0.4) is 0 Å². The molecule has 22 heavy (non-hydrogen) atoms. The second-order valence-corrected chi connectivity index (χ2v) is 8.14. The summed E-state index contributed by atoms with van der Waals surface area (Å²) >= 11 is 5.87. The molecule has 1 heterocycles. The van der Waals surface area contributed by atoms with E-state index in [4.69, 9.17) is 0 Å². The number of carbonyl (C=O) groups is 1. The Morgan fingerprint density at radius 1 is 1.36 bits per heavy atom. The van der Waals surface area contributed by atoms with E-state index < -0.39 is 17.0 Å². The molecule has 4 nitrogen and oxygen atoms in total. The first-order valence-corrected chi connectivity index (χ1v) is 9.34. The monoisotopic (exact) mass is 353 g/mol. The van der Waals surface area contributed by atoms with Crippen LogP contribution in [0.15, 0.2) is 35.2 Å². The second-order valence-electron chi connectivity index (χ2n) is 5.09. The number of aromatic carboxylic acids is 1. The van der Waals surface area contributed by atoms with Crippen molar-refractivity contribution in [3.63, 3.8) is 0 Å². The van der Waals surface area contributed by atoms with Crippen molar-refractivity contribution in [3.8, 4) is 0 Å². The number of carboxylic acid groups (broad SMARTS) is 1. The number of rotatable bonds is 4. The molecule has 0 fully saturated rings. The Hall–Kier alpha value is -1.31. The third-order valence-electron chi connectivity index (χ3n) is 3.60. The molecule has 2 atom stereocenters. The standard InChI is InChI=1S/C15H15NO3S3/c17-15(18)13-11-7-6-9(20)8-12(11)21-14(13)16-22(19)10-4-2-1-3-5-10/h1-5,9,16,20H,6-8H2,(H,17,18). The van der Waals surface area contributed by atoms with Crippen LogP contribution < -0.4 is 4.72 Å². The maximum absolute atomic E-state index is 12.4. The minimum Gasteiger partial charge on any atom is -0.478 e. The van der Waals surface area contributed by atoms with Gasteiger partial charge in [0.15, 0.2) is 11.0 Å². The summed E-state index contributed by atoms with van der Waals surface area (Å²) in [5.41, 5.74) is 1.14. The summed E-state index contributed by atoms with van der Waals surface area (Å²) in [6.07, 6.45) is 2.35. The summed E-state index contributed by atoms with van der Waals surface area (Å²) in [4.78, 5) is 13.3. The van der Waals surface area contributed by atoms with Gasteiger partial charge in [0, 0.05) is 10.1 Å². The quantitative estimate of drug-likeness (QED) is 0.738. The van der Waals surface area contributed by atoms with Gasteiger partial charge in [-0.2, -0.15) is 12.6 Å². The van der Waals surface area contributed by atoms with Crippen molar-refractivity contribution in [2.75, 3.05) is 4.72 Å². The number of fused-ring (bicyclic) bond motifs is 1. The molecule has 1 aliphatic carbocycles. The predicted octanol–water partition coefficient (Wildman–Crippen LogP) is 3.37. The number of anilines is 1. The molecule has 1 aromatic carbocycles. The highest BCUT2D eigenvalue weighted by Gasteiger charge is 2.28. The third-order valence-corrected chi connectivity index (χ3v) is 6.43. The Labute approximate surface area is 140 Å². The molecule has 0 bridgehead atoms. The maximum Gasteiger partial charge on any atom is 0.339 e. The lowest BCUT2D eigenvalue weighted by Gasteiger charge is -2.17. The highest BCUT2D eigenvalue weighted by molar-refractivity contribution is 7.86. The minimum absolute atomic E-state index is 0.264. The molecule has 0 aliphatic heterocycles. The molecule has 0 saturated carbocycles. The van der Waals surface area contributed by atoms with Crippen molar-refractivity contribution in [1.82, 2.24) is 0 Å². The summed E-state index contributed by atoms with van der Waals surface area (Å²) < 4.78 is 15.2. The number of nitrogens with one attached hydrogen (secondary N) is 1. The van der Waals surface area contributed by atoms with E-state index in [0.29, 0.717) is 16.3 Å². The molecule has 0 spiro atoms. The Morgan fingerprint density at radius 3 is 2.77 bits per heavy atom. The molecule has 0 amide bonds. The first kappa shape index (κ1) is 15.6. The van der Waals surface area contributed by atoms with E-state index in [-0.39, 0.29) is 10.8 Å². The lowest BCUT2D eigenvalue weighted by Crippen LogP contribution is -2.14. The van der Waals surface area contributed by atoms with Gasteiger partial charge in [-0.1, -0.05) is 18.2 Å². The summed E-state index contributed by atoms with van der Waals surface area (Å²) in [5, 5.41) is 10.2. The third kappa shape index (κ3) is 3.06. The highest BCUT2D eigenvalue weighted by Crippen LogP contribution is 2.39. The van der Waals surface area contributed by atoms with E-state index in [2.05, 4.69) is 17.4 Å². The Bertz CT molecular complexity index is 727. The van der Waals surface area contributed by atoms with Crippen LogP contribution in [0.2, 0.25) is 0 Å². The van der Waals surface area contributed by atoms with Gasteiger partial charge in [-0.05, 0) is 37.0 Å². The topological polar surface area (TPSA) is 66.4 Å². The number of hydrogen-bond donors (Lipinski definition) is 3. The fourth-order valence-electron chi connectivity index (χ4n) is 2.55. The normalized spacial score (nSPS) is 18.5. The number of carboxylic acids is 1. The van der Waals surface area contributed by atoms with E-state index in [9.17, 15) is 14.1 Å². The van der Waals surface area contributed by atoms with Crippen molar-refractivity contribution in [3.05, 3.63) is 46.3 Å². The van der Waals surface area contributed by atoms with Crippen molar-refractivity contribution in [2.24, 2.45) is 0 Å². The number of benzene rings is 1. The Kier molecular flexibility index (Phi) is 4.56. The SMILES string of the molecule is O=C(O)c1c(NS(=O)c2ccccc2)sc2c1CCC(S)C2. The largest absolute Gasteiger partial charge is 0.478 e. The second kappa shape index (κ2) is 6.44.